The molecule has 0 unspecified atom stereocenters. The van der Waals surface area contributed by atoms with E-state index < -0.39 is 5.91 Å². The Bertz CT molecular complexity index is 1620. The van der Waals surface area contributed by atoms with Crippen molar-refractivity contribution in [1.29, 1.82) is 0 Å². The largest absolute Gasteiger partial charge is 0.495 e. The fourth-order valence-electron chi connectivity index (χ4n) is 3.94. The average Bonchev–Trinajstić information content (AvgIpc) is 2.99. The lowest BCUT2D eigenvalue weighted by Gasteiger charge is -2.13. The molecule has 0 fully saturated rings. The first-order chi connectivity index (χ1) is 20.2. The second-order valence-corrected chi connectivity index (χ2v) is 10.8. The molecule has 7 nitrogen and oxygen atoms in total. The van der Waals surface area contributed by atoms with Crippen LogP contribution in [-0.2, 0) is 9.59 Å². The number of methoxy groups -OCH3 is 1. The summed E-state index contributed by atoms with van der Waals surface area (Å²) in [7, 11) is 1.52. The number of nitrogens with one attached hydrogen (secondary N) is 3. The fraction of sp³-hybridized carbons (Fsp3) is 0.121. The van der Waals surface area contributed by atoms with Crippen LogP contribution in [0.5, 0.6) is 5.75 Å². The molecule has 214 valence electrons. The van der Waals surface area contributed by atoms with Crippen molar-refractivity contribution in [3.05, 3.63) is 124 Å². The van der Waals surface area contributed by atoms with Crippen LogP contribution >= 0.6 is 23.4 Å². The van der Waals surface area contributed by atoms with Crippen molar-refractivity contribution >= 4 is 58.5 Å². The summed E-state index contributed by atoms with van der Waals surface area (Å²) in [6, 6.07) is 26.9. The molecule has 3 amide bonds. The van der Waals surface area contributed by atoms with E-state index in [2.05, 4.69) is 16.0 Å². The van der Waals surface area contributed by atoms with Gasteiger partial charge in [0.1, 0.15) is 11.4 Å². The molecule has 0 aliphatic carbocycles. The van der Waals surface area contributed by atoms with Gasteiger partial charge in [0, 0.05) is 27.2 Å². The standard InChI is InChI=1S/C33H30ClN3O4S/c1-21-9-7-8-12-24(21)18-29(37-32(39)23-10-5-4-6-11-23)33(40)35-25-13-15-26(16-14-25)42-20-31(38)36-28-17-22(2)27(34)19-30(28)41-3/h4-19H,20H2,1-3H3,(H,35,40)(H,36,38)(H,37,39)/b29-18-. The minimum absolute atomic E-state index is 0.112. The van der Waals surface area contributed by atoms with Gasteiger partial charge in [-0.25, -0.2) is 0 Å². The molecule has 3 N–H and O–H groups in total. The number of benzene rings is 4. The van der Waals surface area contributed by atoms with Crippen LogP contribution in [0.3, 0.4) is 0 Å². The van der Waals surface area contributed by atoms with E-state index in [4.69, 9.17) is 16.3 Å². The summed E-state index contributed by atoms with van der Waals surface area (Å²) in [5, 5.41) is 9.02. The van der Waals surface area contributed by atoms with Gasteiger partial charge in [-0.15, -0.1) is 11.8 Å². The number of rotatable bonds is 10. The van der Waals surface area contributed by atoms with Crippen molar-refractivity contribution in [3.8, 4) is 5.75 Å². The van der Waals surface area contributed by atoms with Crippen molar-refractivity contribution in [3.63, 3.8) is 0 Å². The second-order valence-electron chi connectivity index (χ2n) is 9.35. The molecule has 0 bridgehead atoms. The van der Waals surface area contributed by atoms with Crippen LogP contribution in [0.1, 0.15) is 27.0 Å². The van der Waals surface area contributed by atoms with Crippen molar-refractivity contribution < 1.29 is 19.1 Å². The van der Waals surface area contributed by atoms with Crippen LogP contribution in [0.2, 0.25) is 5.02 Å². The molecule has 0 radical (unpaired) electrons. The molecule has 0 spiro atoms. The molecular weight excluding hydrogens is 570 g/mol. The van der Waals surface area contributed by atoms with Gasteiger partial charge in [0.15, 0.2) is 0 Å². The van der Waals surface area contributed by atoms with E-state index in [1.807, 2.05) is 56.3 Å². The zero-order chi connectivity index (χ0) is 30.1. The van der Waals surface area contributed by atoms with Crippen molar-refractivity contribution in [2.24, 2.45) is 0 Å². The number of thioether (sulfide) groups is 1. The molecule has 0 aliphatic heterocycles. The van der Waals surface area contributed by atoms with Crippen LogP contribution < -0.4 is 20.7 Å². The highest BCUT2D eigenvalue weighted by molar-refractivity contribution is 8.00. The number of aryl methyl sites for hydroxylation is 2. The first kappa shape index (κ1) is 30.4. The Morgan fingerprint density at radius 2 is 1.55 bits per heavy atom. The van der Waals surface area contributed by atoms with Crippen LogP contribution in [0.4, 0.5) is 11.4 Å². The van der Waals surface area contributed by atoms with Crippen LogP contribution in [-0.4, -0.2) is 30.6 Å². The Morgan fingerprint density at radius 3 is 2.24 bits per heavy atom. The van der Waals surface area contributed by atoms with Gasteiger partial charge in [-0.05, 0) is 79.1 Å². The van der Waals surface area contributed by atoms with E-state index in [-0.39, 0.29) is 23.3 Å². The molecule has 4 aromatic carbocycles. The predicted molar refractivity (Wildman–Crippen MR) is 170 cm³/mol. The first-order valence-electron chi connectivity index (χ1n) is 13.1. The summed E-state index contributed by atoms with van der Waals surface area (Å²) in [5.41, 5.74) is 4.25. The SMILES string of the molecule is COc1cc(Cl)c(C)cc1NC(=O)CSc1ccc(NC(=O)/C(=C/c2ccccc2C)NC(=O)c2ccccc2)cc1. The smallest absolute Gasteiger partial charge is 0.272 e. The average molecular weight is 600 g/mol. The number of halogens is 1. The maximum absolute atomic E-state index is 13.3. The first-order valence-corrected chi connectivity index (χ1v) is 14.4. The van der Waals surface area contributed by atoms with Crippen molar-refractivity contribution in [2.75, 3.05) is 23.5 Å². The van der Waals surface area contributed by atoms with E-state index in [0.29, 0.717) is 27.7 Å². The summed E-state index contributed by atoms with van der Waals surface area (Å²) in [6.07, 6.45) is 1.66. The summed E-state index contributed by atoms with van der Waals surface area (Å²) in [6.45, 7) is 3.79. The third-order valence-corrected chi connectivity index (χ3v) is 7.67. The van der Waals surface area contributed by atoms with Gasteiger partial charge in [0.05, 0.1) is 18.6 Å². The van der Waals surface area contributed by atoms with E-state index >= 15 is 0 Å². The molecule has 0 aromatic heterocycles. The zero-order valence-electron chi connectivity index (χ0n) is 23.4. The van der Waals surface area contributed by atoms with Crippen molar-refractivity contribution in [1.82, 2.24) is 5.32 Å². The normalized spacial score (nSPS) is 11.0. The molecule has 0 heterocycles. The summed E-state index contributed by atoms with van der Waals surface area (Å²) in [5.74, 6) is -0.389. The summed E-state index contributed by atoms with van der Waals surface area (Å²) >= 11 is 7.50. The fourth-order valence-corrected chi connectivity index (χ4v) is 4.80. The lowest BCUT2D eigenvalue weighted by molar-refractivity contribution is -0.114. The number of carbonyl (C=O) groups excluding carboxylic acids is 3. The number of hydrogen-bond donors (Lipinski definition) is 3. The zero-order valence-corrected chi connectivity index (χ0v) is 24.9. The maximum atomic E-state index is 13.3. The lowest BCUT2D eigenvalue weighted by Crippen LogP contribution is -2.30. The highest BCUT2D eigenvalue weighted by atomic mass is 35.5. The minimum atomic E-state index is -0.463. The number of carbonyl (C=O) groups is 3. The number of amides is 3. The Morgan fingerprint density at radius 1 is 0.857 bits per heavy atom. The summed E-state index contributed by atoms with van der Waals surface area (Å²) < 4.78 is 5.32. The maximum Gasteiger partial charge on any atom is 0.272 e. The van der Waals surface area contributed by atoms with Crippen LogP contribution in [0.25, 0.3) is 6.08 Å². The Kier molecular flexibility index (Phi) is 10.4. The van der Waals surface area contributed by atoms with Crippen LogP contribution in [0, 0.1) is 13.8 Å². The molecule has 4 rings (SSSR count). The molecule has 0 atom stereocenters. The number of anilines is 2. The predicted octanol–water partition coefficient (Wildman–Crippen LogP) is 7.11. The Labute approximate surface area is 254 Å². The quantitative estimate of drug-likeness (QED) is 0.133. The Hall–Kier alpha value is -4.53. The van der Waals surface area contributed by atoms with E-state index in [1.54, 1.807) is 54.6 Å². The van der Waals surface area contributed by atoms with E-state index in [1.165, 1.54) is 18.9 Å². The van der Waals surface area contributed by atoms with Gasteiger partial charge < -0.3 is 20.7 Å². The van der Waals surface area contributed by atoms with Gasteiger partial charge in [-0.1, -0.05) is 54.1 Å². The highest BCUT2D eigenvalue weighted by Gasteiger charge is 2.16. The molecule has 42 heavy (non-hydrogen) atoms. The number of hydrogen-bond acceptors (Lipinski definition) is 5. The molecule has 0 saturated carbocycles. The highest BCUT2D eigenvalue weighted by Crippen LogP contribution is 2.31. The third kappa shape index (κ3) is 8.25. The minimum Gasteiger partial charge on any atom is -0.495 e. The molecule has 9 heteroatoms. The van der Waals surface area contributed by atoms with Gasteiger partial charge in [-0.2, -0.15) is 0 Å². The van der Waals surface area contributed by atoms with Gasteiger partial charge in [0.25, 0.3) is 11.8 Å². The molecular formula is C33H30ClN3O4S. The van der Waals surface area contributed by atoms with E-state index in [0.717, 1.165) is 21.6 Å². The van der Waals surface area contributed by atoms with Gasteiger partial charge >= 0.3 is 0 Å². The monoisotopic (exact) mass is 599 g/mol. The second kappa shape index (κ2) is 14.4. The third-order valence-electron chi connectivity index (χ3n) is 6.25. The summed E-state index contributed by atoms with van der Waals surface area (Å²) in [4.78, 5) is 39.6. The van der Waals surface area contributed by atoms with Crippen LogP contribution in [0.15, 0.2) is 102 Å². The molecule has 4 aromatic rings. The Balaban J connectivity index is 1.41. The van der Waals surface area contributed by atoms with E-state index in [9.17, 15) is 14.4 Å². The topological polar surface area (TPSA) is 96.5 Å². The lowest BCUT2D eigenvalue weighted by atomic mass is 10.1. The number of ether oxygens (including phenoxy) is 1. The van der Waals surface area contributed by atoms with Crippen molar-refractivity contribution in [2.45, 2.75) is 18.7 Å². The molecule has 0 saturated heterocycles. The van der Waals surface area contributed by atoms with Gasteiger partial charge in [-0.3, -0.25) is 14.4 Å². The molecule has 0 aliphatic rings. The van der Waals surface area contributed by atoms with Gasteiger partial charge in [0.2, 0.25) is 5.91 Å².